The van der Waals surface area contributed by atoms with E-state index in [2.05, 4.69) is 6.58 Å². The minimum Gasteiger partial charge on any atom is -0.423 e. The number of carbonyl (C=O) groups excluding carboxylic acids is 1. The summed E-state index contributed by atoms with van der Waals surface area (Å²) in [5, 5.41) is 0.0201. The Morgan fingerprint density at radius 3 is 2.41 bits per heavy atom. The molecular formula is C23H16F4O2. The molecule has 6 heteroatoms. The number of aryl methyl sites for hydroxylation is 1. The average molecular weight is 400 g/mol. The van der Waals surface area contributed by atoms with Crippen LogP contribution in [-0.2, 0) is 6.42 Å². The Kier molecular flexibility index (Phi) is 6.12. The van der Waals surface area contributed by atoms with Crippen LogP contribution < -0.4 is 4.74 Å². The van der Waals surface area contributed by atoms with Crippen LogP contribution in [0.15, 0.2) is 67.3 Å². The molecule has 0 aliphatic rings. The van der Waals surface area contributed by atoms with Gasteiger partial charge in [-0.1, -0.05) is 18.2 Å². The molecular weight excluding hydrogens is 384 g/mol. The van der Waals surface area contributed by atoms with Crippen molar-refractivity contribution >= 4 is 22.8 Å². The first-order valence-electron chi connectivity index (χ1n) is 8.75. The van der Waals surface area contributed by atoms with Crippen molar-refractivity contribution < 1.29 is 27.1 Å². The van der Waals surface area contributed by atoms with Gasteiger partial charge in [0, 0.05) is 11.5 Å². The standard InChI is InChI=1S/C23H16F4O2/c1-2-3-4-14-5-7-15(8-6-14)23(28)29-17-9-10-18-16(11-17)12-20(24)19(22(18)27)13-21(25)26/h2,5-13H,1,3-4H2. The van der Waals surface area contributed by atoms with Gasteiger partial charge in [-0.15, -0.1) is 6.58 Å². The second kappa shape index (κ2) is 8.73. The molecule has 0 unspecified atom stereocenters. The quantitative estimate of drug-likeness (QED) is 0.199. The molecule has 0 radical (unpaired) electrons. The number of carbonyl (C=O) groups is 1. The summed E-state index contributed by atoms with van der Waals surface area (Å²) in [6.45, 7) is 3.66. The van der Waals surface area contributed by atoms with Crippen LogP contribution in [0.2, 0.25) is 0 Å². The van der Waals surface area contributed by atoms with Crippen LogP contribution in [0.5, 0.6) is 5.75 Å². The van der Waals surface area contributed by atoms with Crippen LogP contribution in [0, 0.1) is 11.6 Å². The van der Waals surface area contributed by atoms with Gasteiger partial charge in [0.05, 0.1) is 11.1 Å². The first kappa shape index (κ1) is 20.3. The fourth-order valence-corrected chi connectivity index (χ4v) is 2.87. The van der Waals surface area contributed by atoms with Gasteiger partial charge in [-0.3, -0.25) is 0 Å². The zero-order valence-corrected chi connectivity index (χ0v) is 15.2. The van der Waals surface area contributed by atoms with Gasteiger partial charge in [-0.2, -0.15) is 8.78 Å². The van der Waals surface area contributed by atoms with Crippen molar-refractivity contribution in [3.05, 3.63) is 95.6 Å². The van der Waals surface area contributed by atoms with E-state index in [0.29, 0.717) is 5.56 Å². The number of halogens is 4. The number of ether oxygens (including phenoxy) is 1. The van der Waals surface area contributed by atoms with Gasteiger partial charge >= 0.3 is 5.97 Å². The van der Waals surface area contributed by atoms with Gasteiger partial charge in [-0.05, 0) is 60.2 Å². The molecule has 0 fully saturated rings. The molecule has 0 amide bonds. The Morgan fingerprint density at radius 2 is 1.76 bits per heavy atom. The first-order valence-corrected chi connectivity index (χ1v) is 8.75. The second-order valence-corrected chi connectivity index (χ2v) is 6.32. The predicted molar refractivity (Wildman–Crippen MR) is 104 cm³/mol. The Hall–Kier alpha value is -3.41. The number of esters is 1. The van der Waals surface area contributed by atoms with Crippen LogP contribution in [0.3, 0.4) is 0 Å². The van der Waals surface area contributed by atoms with Gasteiger partial charge in [0.25, 0.3) is 6.08 Å². The van der Waals surface area contributed by atoms with Crippen molar-refractivity contribution in [1.29, 1.82) is 0 Å². The minimum absolute atomic E-state index is 0.0646. The maximum Gasteiger partial charge on any atom is 0.343 e. The van der Waals surface area contributed by atoms with E-state index in [1.54, 1.807) is 18.2 Å². The summed E-state index contributed by atoms with van der Waals surface area (Å²) in [4.78, 5) is 12.3. The highest BCUT2D eigenvalue weighted by Crippen LogP contribution is 2.29. The molecule has 0 saturated carbocycles. The van der Waals surface area contributed by atoms with Crippen molar-refractivity contribution in [1.82, 2.24) is 0 Å². The maximum atomic E-state index is 14.3. The molecule has 3 aromatic rings. The Labute approximate surface area is 164 Å². The third-order valence-corrected chi connectivity index (χ3v) is 4.33. The maximum absolute atomic E-state index is 14.3. The van der Waals surface area contributed by atoms with E-state index in [-0.39, 0.29) is 22.6 Å². The molecule has 0 spiro atoms. The van der Waals surface area contributed by atoms with Crippen LogP contribution in [0.1, 0.15) is 27.9 Å². The summed E-state index contributed by atoms with van der Waals surface area (Å²) in [6, 6.07) is 11.6. The third kappa shape index (κ3) is 4.71. The van der Waals surface area contributed by atoms with Crippen LogP contribution in [0.25, 0.3) is 16.8 Å². The summed E-state index contributed by atoms with van der Waals surface area (Å²) in [7, 11) is 0. The molecule has 0 atom stereocenters. The lowest BCUT2D eigenvalue weighted by molar-refractivity contribution is 0.0735. The van der Waals surface area contributed by atoms with Crippen LogP contribution in [0.4, 0.5) is 17.6 Å². The van der Waals surface area contributed by atoms with Gasteiger partial charge in [0.15, 0.2) is 0 Å². The molecule has 0 aromatic heterocycles. The topological polar surface area (TPSA) is 26.3 Å². The highest BCUT2D eigenvalue weighted by Gasteiger charge is 2.15. The van der Waals surface area contributed by atoms with Gasteiger partial charge < -0.3 is 4.74 Å². The molecule has 2 nitrogen and oxygen atoms in total. The van der Waals surface area contributed by atoms with E-state index in [4.69, 9.17) is 4.74 Å². The molecule has 0 saturated heterocycles. The number of rotatable bonds is 6. The molecule has 148 valence electrons. The van der Waals surface area contributed by atoms with Gasteiger partial charge in [0.2, 0.25) is 0 Å². The summed E-state index contributed by atoms with van der Waals surface area (Å²) in [5.41, 5.74) is 0.551. The molecule has 3 rings (SSSR count). The lowest BCUT2D eigenvalue weighted by Gasteiger charge is -2.09. The fourth-order valence-electron chi connectivity index (χ4n) is 2.87. The molecule has 0 heterocycles. The molecule has 0 aliphatic heterocycles. The molecule has 0 aliphatic carbocycles. The summed E-state index contributed by atoms with van der Waals surface area (Å²) in [6.07, 6.45) is 1.37. The number of fused-ring (bicyclic) bond motifs is 1. The van der Waals surface area contributed by atoms with Crippen molar-refractivity contribution in [3.8, 4) is 5.75 Å². The van der Waals surface area contributed by atoms with E-state index in [0.717, 1.165) is 24.5 Å². The lowest BCUT2D eigenvalue weighted by atomic mass is 10.0. The van der Waals surface area contributed by atoms with E-state index in [9.17, 15) is 22.4 Å². The number of benzene rings is 3. The number of hydrogen-bond donors (Lipinski definition) is 0. The summed E-state index contributed by atoms with van der Waals surface area (Å²) in [5.74, 6) is -2.79. The average Bonchev–Trinajstić information content (AvgIpc) is 2.69. The number of hydrogen-bond acceptors (Lipinski definition) is 2. The van der Waals surface area contributed by atoms with Gasteiger partial charge in [-0.25, -0.2) is 13.6 Å². The third-order valence-electron chi connectivity index (χ3n) is 4.33. The fraction of sp³-hybridized carbons (Fsp3) is 0.0870. The minimum atomic E-state index is -2.21. The zero-order valence-electron chi connectivity index (χ0n) is 15.2. The first-order chi connectivity index (χ1) is 13.9. The SMILES string of the molecule is C=CCCc1ccc(C(=O)Oc2ccc3c(F)c(C=C(F)F)c(F)cc3c2)cc1. The highest BCUT2D eigenvalue weighted by molar-refractivity contribution is 5.92. The predicted octanol–water partition coefficient (Wildman–Crippen LogP) is 6.69. The molecule has 29 heavy (non-hydrogen) atoms. The van der Waals surface area contributed by atoms with E-state index in [1.165, 1.54) is 18.2 Å². The Balaban J connectivity index is 1.84. The Morgan fingerprint density at radius 1 is 1.03 bits per heavy atom. The van der Waals surface area contributed by atoms with E-state index in [1.807, 2.05) is 12.1 Å². The molecule has 0 N–H and O–H groups in total. The van der Waals surface area contributed by atoms with E-state index < -0.39 is 29.2 Å². The summed E-state index contributed by atoms with van der Waals surface area (Å²) >= 11 is 0. The zero-order chi connectivity index (χ0) is 21.0. The summed E-state index contributed by atoms with van der Waals surface area (Å²) < 4.78 is 58.4. The smallest absolute Gasteiger partial charge is 0.343 e. The van der Waals surface area contributed by atoms with E-state index >= 15 is 0 Å². The largest absolute Gasteiger partial charge is 0.423 e. The van der Waals surface area contributed by atoms with Gasteiger partial charge in [0.1, 0.15) is 17.4 Å². The Bertz CT molecular complexity index is 1100. The molecule has 0 bridgehead atoms. The molecule has 3 aromatic carbocycles. The van der Waals surface area contributed by atoms with Crippen molar-refractivity contribution in [3.63, 3.8) is 0 Å². The van der Waals surface area contributed by atoms with Crippen molar-refractivity contribution in [2.45, 2.75) is 12.8 Å². The normalized spacial score (nSPS) is 10.6. The highest BCUT2D eigenvalue weighted by atomic mass is 19.3. The number of allylic oxidation sites excluding steroid dienone is 1. The lowest BCUT2D eigenvalue weighted by Crippen LogP contribution is -2.08. The van der Waals surface area contributed by atoms with Crippen molar-refractivity contribution in [2.24, 2.45) is 0 Å². The second-order valence-electron chi connectivity index (χ2n) is 6.32. The van der Waals surface area contributed by atoms with Crippen LogP contribution >= 0.6 is 0 Å². The van der Waals surface area contributed by atoms with Crippen LogP contribution in [-0.4, -0.2) is 5.97 Å². The van der Waals surface area contributed by atoms with Crippen molar-refractivity contribution in [2.75, 3.05) is 0 Å². The monoisotopic (exact) mass is 400 g/mol.